The van der Waals surface area contributed by atoms with Gasteiger partial charge < -0.3 is 14.7 Å². The van der Waals surface area contributed by atoms with Crippen molar-refractivity contribution < 1.29 is 19.4 Å². The van der Waals surface area contributed by atoms with Crippen LogP contribution in [0.3, 0.4) is 0 Å². The van der Waals surface area contributed by atoms with Crippen molar-refractivity contribution in [3.05, 3.63) is 28.7 Å². The van der Waals surface area contributed by atoms with E-state index in [0.29, 0.717) is 31.9 Å². The van der Waals surface area contributed by atoms with Gasteiger partial charge in [-0.05, 0) is 43.4 Å². The molecule has 0 saturated carbocycles. The number of likely N-dealkylation sites (tertiary alicyclic amines) is 1. The molecule has 5 nitrogen and oxygen atoms in total. The summed E-state index contributed by atoms with van der Waals surface area (Å²) < 4.78 is 6.54. The third-order valence-electron chi connectivity index (χ3n) is 4.02. The second-order valence-corrected chi connectivity index (χ2v) is 6.75. The monoisotopic (exact) mass is 383 g/mol. The topological polar surface area (TPSA) is 66.8 Å². The van der Waals surface area contributed by atoms with Crippen LogP contribution >= 0.6 is 15.9 Å². The van der Waals surface area contributed by atoms with Gasteiger partial charge in [0.1, 0.15) is 5.75 Å². The molecular formula is C17H22BrNO4. The Bertz CT molecular complexity index is 549. The van der Waals surface area contributed by atoms with Crippen LogP contribution in [0, 0.1) is 5.92 Å². The number of piperidine rings is 1. The van der Waals surface area contributed by atoms with E-state index in [9.17, 15) is 9.59 Å². The quantitative estimate of drug-likeness (QED) is 0.783. The minimum absolute atomic E-state index is 0.0834. The second kappa shape index (κ2) is 8.91. The Labute approximate surface area is 144 Å². The van der Waals surface area contributed by atoms with Crippen LogP contribution < -0.4 is 4.74 Å². The van der Waals surface area contributed by atoms with Gasteiger partial charge in [-0.15, -0.1) is 0 Å². The van der Waals surface area contributed by atoms with Gasteiger partial charge in [0.05, 0.1) is 13.0 Å². The number of rotatable bonds is 7. The molecule has 1 N–H and O–H groups in total. The van der Waals surface area contributed by atoms with Crippen molar-refractivity contribution in [2.75, 3.05) is 19.7 Å². The summed E-state index contributed by atoms with van der Waals surface area (Å²) in [5, 5.41) is 8.76. The van der Waals surface area contributed by atoms with Crippen LogP contribution in [0.5, 0.6) is 5.75 Å². The average molecular weight is 384 g/mol. The molecule has 1 aromatic carbocycles. The summed E-state index contributed by atoms with van der Waals surface area (Å²) in [6.45, 7) is 1.79. The maximum absolute atomic E-state index is 12.3. The number of halogens is 1. The molecule has 23 heavy (non-hydrogen) atoms. The molecule has 1 aliphatic rings. The minimum atomic E-state index is -0.768. The van der Waals surface area contributed by atoms with Crippen LogP contribution in [0.15, 0.2) is 28.7 Å². The second-order valence-electron chi connectivity index (χ2n) is 5.84. The lowest BCUT2D eigenvalue weighted by molar-refractivity contribution is -0.137. The molecule has 6 heteroatoms. The average Bonchev–Trinajstić information content (AvgIpc) is 2.53. The first-order chi connectivity index (χ1) is 11.0. The number of hydrogen-bond donors (Lipinski definition) is 1. The van der Waals surface area contributed by atoms with Gasteiger partial charge in [-0.2, -0.15) is 0 Å². The van der Waals surface area contributed by atoms with Gasteiger partial charge in [0, 0.05) is 24.0 Å². The molecule has 1 aromatic rings. The lowest BCUT2D eigenvalue weighted by atomic mass is 9.93. The van der Waals surface area contributed by atoms with E-state index >= 15 is 0 Å². The fourth-order valence-corrected chi connectivity index (χ4v) is 3.20. The lowest BCUT2D eigenvalue weighted by Gasteiger charge is -2.32. The first kappa shape index (κ1) is 17.8. The van der Waals surface area contributed by atoms with Gasteiger partial charge in [0.2, 0.25) is 5.91 Å². The maximum Gasteiger partial charge on any atom is 0.303 e. The van der Waals surface area contributed by atoms with Crippen LogP contribution in [-0.4, -0.2) is 41.6 Å². The molecule has 0 radical (unpaired) electrons. The first-order valence-electron chi connectivity index (χ1n) is 7.92. The Morgan fingerprint density at radius 2 is 2.17 bits per heavy atom. The van der Waals surface area contributed by atoms with E-state index in [2.05, 4.69) is 15.9 Å². The molecule has 0 bridgehead atoms. The van der Waals surface area contributed by atoms with Crippen molar-refractivity contribution in [1.29, 1.82) is 0 Å². The molecule has 0 aromatic heterocycles. The summed E-state index contributed by atoms with van der Waals surface area (Å²) in [6.07, 6.45) is 3.12. The zero-order valence-electron chi connectivity index (χ0n) is 13.0. The van der Waals surface area contributed by atoms with Crippen LogP contribution in [0.25, 0.3) is 0 Å². The van der Waals surface area contributed by atoms with E-state index in [1.807, 2.05) is 29.2 Å². The van der Waals surface area contributed by atoms with Crippen molar-refractivity contribution in [1.82, 2.24) is 4.90 Å². The molecule has 1 amide bonds. The molecule has 126 valence electrons. The Hall–Kier alpha value is -1.56. The summed E-state index contributed by atoms with van der Waals surface area (Å²) in [4.78, 5) is 24.8. The first-order valence-corrected chi connectivity index (χ1v) is 8.72. The number of ether oxygens (including phenoxy) is 1. The van der Waals surface area contributed by atoms with Gasteiger partial charge in [-0.3, -0.25) is 9.59 Å². The Morgan fingerprint density at radius 1 is 1.35 bits per heavy atom. The molecule has 1 saturated heterocycles. The number of nitrogens with zero attached hydrogens (tertiary/aromatic N) is 1. The summed E-state index contributed by atoms with van der Waals surface area (Å²) in [5.74, 6) is 0.357. The molecule has 1 aliphatic heterocycles. The van der Waals surface area contributed by atoms with E-state index in [0.717, 1.165) is 29.6 Å². The Kier molecular flexibility index (Phi) is 6.89. The molecule has 1 atom stereocenters. The van der Waals surface area contributed by atoms with Gasteiger partial charge in [-0.25, -0.2) is 0 Å². The number of carboxylic acids is 1. The molecule has 0 spiro atoms. The zero-order chi connectivity index (χ0) is 16.7. The predicted molar refractivity (Wildman–Crippen MR) is 90.4 cm³/mol. The number of hydrogen-bond acceptors (Lipinski definition) is 3. The van der Waals surface area contributed by atoms with Crippen LogP contribution in [0.4, 0.5) is 0 Å². The number of benzene rings is 1. The third-order valence-corrected chi connectivity index (χ3v) is 4.51. The number of carbonyl (C=O) groups excluding carboxylic acids is 1. The fourth-order valence-electron chi connectivity index (χ4n) is 2.83. The van der Waals surface area contributed by atoms with Crippen LogP contribution in [0.2, 0.25) is 0 Å². The summed E-state index contributed by atoms with van der Waals surface area (Å²) in [6, 6.07) is 7.54. The standard InChI is InChI=1S/C17H22BrNO4/c18-14-4-1-5-15(11-14)23-10-8-16(20)19-9-2-3-13(12-19)6-7-17(21)22/h1,4-5,11,13H,2-3,6-10,12H2,(H,21,22). The minimum Gasteiger partial charge on any atom is -0.493 e. The Morgan fingerprint density at radius 3 is 2.91 bits per heavy atom. The smallest absolute Gasteiger partial charge is 0.303 e. The van der Waals surface area contributed by atoms with Crippen molar-refractivity contribution in [2.24, 2.45) is 5.92 Å². The normalized spacial score (nSPS) is 17.8. The third kappa shape index (κ3) is 6.22. The van der Waals surface area contributed by atoms with Crippen LogP contribution in [0.1, 0.15) is 32.1 Å². The predicted octanol–water partition coefficient (Wildman–Crippen LogP) is 3.32. The van der Waals surface area contributed by atoms with E-state index in [-0.39, 0.29) is 12.3 Å². The highest BCUT2D eigenvalue weighted by Crippen LogP contribution is 2.22. The highest BCUT2D eigenvalue weighted by atomic mass is 79.9. The van der Waals surface area contributed by atoms with Gasteiger partial charge in [0.25, 0.3) is 0 Å². The van der Waals surface area contributed by atoms with Crippen molar-refractivity contribution >= 4 is 27.8 Å². The molecule has 1 heterocycles. The highest BCUT2D eigenvalue weighted by molar-refractivity contribution is 9.10. The van der Waals surface area contributed by atoms with E-state index in [4.69, 9.17) is 9.84 Å². The molecular weight excluding hydrogens is 362 g/mol. The molecule has 1 fully saturated rings. The SMILES string of the molecule is O=C(O)CCC1CCCN(C(=O)CCOc2cccc(Br)c2)C1. The number of amides is 1. The fraction of sp³-hybridized carbons (Fsp3) is 0.529. The van der Waals surface area contributed by atoms with Gasteiger partial charge >= 0.3 is 5.97 Å². The van der Waals surface area contributed by atoms with Crippen molar-refractivity contribution in [3.63, 3.8) is 0 Å². The van der Waals surface area contributed by atoms with Gasteiger partial charge in [-0.1, -0.05) is 22.0 Å². The lowest BCUT2D eigenvalue weighted by Crippen LogP contribution is -2.40. The zero-order valence-corrected chi connectivity index (χ0v) is 14.6. The van der Waals surface area contributed by atoms with Crippen LogP contribution in [-0.2, 0) is 9.59 Å². The Balaban J connectivity index is 1.73. The summed E-state index contributed by atoms with van der Waals surface area (Å²) >= 11 is 3.38. The maximum atomic E-state index is 12.3. The van der Waals surface area contributed by atoms with Gasteiger partial charge in [0.15, 0.2) is 0 Å². The number of aliphatic carboxylic acids is 1. The molecule has 1 unspecified atom stereocenters. The number of carbonyl (C=O) groups is 2. The van der Waals surface area contributed by atoms with E-state index in [1.165, 1.54) is 0 Å². The molecule has 0 aliphatic carbocycles. The highest BCUT2D eigenvalue weighted by Gasteiger charge is 2.23. The van der Waals surface area contributed by atoms with Crippen molar-refractivity contribution in [3.8, 4) is 5.75 Å². The largest absolute Gasteiger partial charge is 0.493 e. The van der Waals surface area contributed by atoms with Crippen molar-refractivity contribution in [2.45, 2.75) is 32.1 Å². The van der Waals surface area contributed by atoms with E-state index in [1.54, 1.807) is 0 Å². The summed E-state index contributed by atoms with van der Waals surface area (Å²) in [7, 11) is 0. The van der Waals surface area contributed by atoms with E-state index < -0.39 is 5.97 Å². The summed E-state index contributed by atoms with van der Waals surface area (Å²) in [5.41, 5.74) is 0. The number of carboxylic acid groups (broad SMARTS) is 1. The molecule has 2 rings (SSSR count).